The zero-order valence-electron chi connectivity index (χ0n) is 12.6. The minimum absolute atomic E-state index is 0.740. The number of benzene rings is 1. The van der Waals surface area contributed by atoms with Crippen LogP contribution in [0.15, 0.2) is 24.4 Å². The molecule has 3 nitrogen and oxygen atoms in total. The molecule has 2 aromatic rings. The molecule has 3 rings (SSSR count). The first kappa shape index (κ1) is 13.4. The SMILES string of the molecule is CCc1nn(C)cc1-c1cc(C)ccc1CNC1CC1. The van der Waals surface area contributed by atoms with Gasteiger partial charge in [-0.05, 0) is 37.3 Å². The molecule has 3 heteroatoms. The average Bonchev–Trinajstić information content (AvgIpc) is 3.18. The Morgan fingerprint density at radius 3 is 2.80 bits per heavy atom. The summed E-state index contributed by atoms with van der Waals surface area (Å²) in [7, 11) is 2.00. The lowest BCUT2D eigenvalue weighted by molar-refractivity contribution is 0.688. The summed E-state index contributed by atoms with van der Waals surface area (Å²) in [6.07, 6.45) is 5.77. The molecule has 1 fully saturated rings. The highest BCUT2D eigenvalue weighted by molar-refractivity contribution is 5.70. The Balaban J connectivity index is 1.98. The van der Waals surface area contributed by atoms with E-state index in [1.807, 2.05) is 11.7 Å². The number of nitrogens with zero attached hydrogens (tertiary/aromatic N) is 2. The van der Waals surface area contributed by atoms with Gasteiger partial charge in [-0.2, -0.15) is 5.10 Å². The third-order valence-electron chi connectivity index (χ3n) is 3.95. The Labute approximate surface area is 121 Å². The van der Waals surface area contributed by atoms with E-state index in [1.165, 1.54) is 40.8 Å². The van der Waals surface area contributed by atoms with Crippen molar-refractivity contribution in [2.45, 2.75) is 45.7 Å². The van der Waals surface area contributed by atoms with Crippen molar-refractivity contribution >= 4 is 0 Å². The van der Waals surface area contributed by atoms with Gasteiger partial charge in [0.1, 0.15) is 0 Å². The van der Waals surface area contributed by atoms with Gasteiger partial charge in [0.15, 0.2) is 0 Å². The maximum Gasteiger partial charge on any atom is 0.0700 e. The maximum absolute atomic E-state index is 4.58. The van der Waals surface area contributed by atoms with Crippen LogP contribution in [0.1, 0.15) is 36.6 Å². The summed E-state index contributed by atoms with van der Waals surface area (Å²) in [6, 6.07) is 7.49. The lowest BCUT2D eigenvalue weighted by atomic mass is 9.97. The molecular weight excluding hydrogens is 246 g/mol. The van der Waals surface area contributed by atoms with E-state index in [4.69, 9.17) is 0 Å². The number of nitrogens with one attached hydrogen (secondary N) is 1. The standard InChI is InChI=1S/C17H23N3/c1-4-17-16(11-20(3)19-17)15-9-12(2)5-6-13(15)10-18-14-7-8-14/h5-6,9,11,14,18H,4,7-8,10H2,1-3H3. The highest BCUT2D eigenvalue weighted by Crippen LogP contribution is 2.29. The first-order chi connectivity index (χ1) is 9.67. The summed E-state index contributed by atoms with van der Waals surface area (Å²) in [5, 5.41) is 8.20. The van der Waals surface area contributed by atoms with Gasteiger partial charge in [0.05, 0.1) is 5.69 Å². The van der Waals surface area contributed by atoms with Gasteiger partial charge in [-0.1, -0.05) is 30.7 Å². The molecule has 0 radical (unpaired) electrons. The minimum atomic E-state index is 0.740. The van der Waals surface area contributed by atoms with Crippen LogP contribution < -0.4 is 5.32 Å². The number of hydrogen-bond donors (Lipinski definition) is 1. The molecule has 1 aromatic heterocycles. The van der Waals surface area contributed by atoms with Crippen LogP contribution in [0.25, 0.3) is 11.1 Å². The third-order valence-corrected chi connectivity index (χ3v) is 3.95. The molecule has 1 N–H and O–H groups in total. The van der Waals surface area contributed by atoms with Crippen molar-refractivity contribution in [2.24, 2.45) is 7.05 Å². The molecule has 0 bridgehead atoms. The molecule has 0 aliphatic heterocycles. The van der Waals surface area contributed by atoms with E-state index in [2.05, 4.69) is 48.7 Å². The van der Waals surface area contributed by atoms with Gasteiger partial charge in [0.25, 0.3) is 0 Å². The van der Waals surface area contributed by atoms with Crippen LogP contribution in [0.5, 0.6) is 0 Å². The number of aryl methyl sites for hydroxylation is 3. The van der Waals surface area contributed by atoms with Crippen LogP contribution in [0, 0.1) is 6.92 Å². The highest BCUT2D eigenvalue weighted by Gasteiger charge is 2.21. The highest BCUT2D eigenvalue weighted by atomic mass is 15.2. The first-order valence-corrected chi connectivity index (χ1v) is 7.53. The Kier molecular flexibility index (Phi) is 3.62. The lowest BCUT2D eigenvalue weighted by Gasteiger charge is -2.11. The van der Waals surface area contributed by atoms with Crippen molar-refractivity contribution in [1.82, 2.24) is 15.1 Å². The zero-order chi connectivity index (χ0) is 14.1. The van der Waals surface area contributed by atoms with E-state index in [9.17, 15) is 0 Å². The molecule has 1 aromatic carbocycles. The molecule has 0 saturated heterocycles. The third kappa shape index (κ3) is 2.78. The fraction of sp³-hybridized carbons (Fsp3) is 0.471. The molecule has 1 aliphatic carbocycles. The second-order valence-electron chi connectivity index (χ2n) is 5.83. The average molecular weight is 269 g/mol. The summed E-state index contributed by atoms with van der Waals surface area (Å²) < 4.78 is 1.93. The molecule has 106 valence electrons. The van der Waals surface area contributed by atoms with Crippen LogP contribution in [0.2, 0.25) is 0 Å². The second-order valence-corrected chi connectivity index (χ2v) is 5.83. The summed E-state index contributed by atoms with van der Waals surface area (Å²) in [5.41, 5.74) is 6.49. The summed E-state index contributed by atoms with van der Waals surface area (Å²) in [5.74, 6) is 0. The van der Waals surface area contributed by atoms with Gasteiger partial charge in [-0.15, -0.1) is 0 Å². The molecule has 0 spiro atoms. The van der Waals surface area contributed by atoms with Crippen LogP contribution in [0.4, 0.5) is 0 Å². The first-order valence-electron chi connectivity index (χ1n) is 7.53. The molecule has 0 amide bonds. The van der Waals surface area contributed by atoms with Crippen LogP contribution in [-0.2, 0) is 20.0 Å². The van der Waals surface area contributed by atoms with Crippen LogP contribution in [0.3, 0.4) is 0 Å². The van der Waals surface area contributed by atoms with Crippen molar-refractivity contribution in [2.75, 3.05) is 0 Å². The molecule has 20 heavy (non-hydrogen) atoms. The largest absolute Gasteiger partial charge is 0.310 e. The monoisotopic (exact) mass is 269 g/mol. The van der Waals surface area contributed by atoms with Crippen molar-refractivity contribution in [3.63, 3.8) is 0 Å². The van der Waals surface area contributed by atoms with Gasteiger partial charge < -0.3 is 5.32 Å². The molecule has 0 atom stereocenters. The van der Waals surface area contributed by atoms with Crippen LogP contribution >= 0.6 is 0 Å². The summed E-state index contributed by atoms with van der Waals surface area (Å²) in [6.45, 7) is 5.28. The van der Waals surface area contributed by atoms with Gasteiger partial charge in [0.2, 0.25) is 0 Å². The molecule has 1 saturated carbocycles. The number of rotatable bonds is 5. The van der Waals surface area contributed by atoms with E-state index in [-0.39, 0.29) is 0 Å². The van der Waals surface area contributed by atoms with Gasteiger partial charge in [-0.3, -0.25) is 4.68 Å². The predicted molar refractivity (Wildman–Crippen MR) is 82.6 cm³/mol. The minimum Gasteiger partial charge on any atom is -0.310 e. The zero-order valence-corrected chi connectivity index (χ0v) is 12.6. The van der Waals surface area contributed by atoms with E-state index in [0.29, 0.717) is 0 Å². The molecule has 0 unspecified atom stereocenters. The normalized spacial score (nSPS) is 14.8. The van der Waals surface area contributed by atoms with Gasteiger partial charge in [0, 0.05) is 31.4 Å². The van der Waals surface area contributed by atoms with Gasteiger partial charge in [-0.25, -0.2) is 0 Å². The predicted octanol–water partition coefficient (Wildman–Crippen LogP) is 3.21. The Hall–Kier alpha value is -1.61. The van der Waals surface area contributed by atoms with E-state index < -0.39 is 0 Å². The van der Waals surface area contributed by atoms with Gasteiger partial charge >= 0.3 is 0 Å². The van der Waals surface area contributed by atoms with Crippen molar-refractivity contribution < 1.29 is 0 Å². The van der Waals surface area contributed by atoms with E-state index >= 15 is 0 Å². The van der Waals surface area contributed by atoms with E-state index in [0.717, 1.165) is 19.0 Å². The fourth-order valence-corrected chi connectivity index (χ4v) is 2.66. The van der Waals surface area contributed by atoms with Crippen molar-refractivity contribution in [1.29, 1.82) is 0 Å². The maximum atomic E-state index is 4.58. The topological polar surface area (TPSA) is 29.9 Å². The van der Waals surface area contributed by atoms with Crippen LogP contribution in [-0.4, -0.2) is 15.8 Å². The summed E-state index contributed by atoms with van der Waals surface area (Å²) >= 11 is 0. The Morgan fingerprint density at radius 2 is 2.10 bits per heavy atom. The smallest absolute Gasteiger partial charge is 0.0700 e. The quantitative estimate of drug-likeness (QED) is 0.903. The Bertz CT molecular complexity index is 609. The van der Waals surface area contributed by atoms with Crippen molar-refractivity contribution in [3.05, 3.63) is 41.2 Å². The number of hydrogen-bond acceptors (Lipinski definition) is 2. The lowest BCUT2D eigenvalue weighted by Crippen LogP contribution is -2.16. The fourth-order valence-electron chi connectivity index (χ4n) is 2.66. The van der Waals surface area contributed by atoms with E-state index in [1.54, 1.807) is 0 Å². The molecule has 1 aliphatic rings. The number of aromatic nitrogens is 2. The second kappa shape index (κ2) is 5.41. The molecule has 1 heterocycles. The molecular formula is C17H23N3. The van der Waals surface area contributed by atoms with Crippen molar-refractivity contribution in [3.8, 4) is 11.1 Å². The summed E-state index contributed by atoms with van der Waals surface area (Å²) in [4.78, 5) is 0. The Morgan fingerprint density at radius 1 is 1.30 bits per heavy atom.